The van der Waals surface area contributed by atoms with Crippen LogP contribution < -0.4 is 16.0 Å². The maximum absolute atomic E-state index is 11.5. The number of furan rings is 1. The molecule has 1 aromatic rings. The molecule has 1 heterocycles. The van der Waals surface area contributed by atoms with Crippen molar-refractivity contribution in [2.24, 2.45) is 0 Å². The summed E-state index contributed by atoms with van der Waals surface area (Å²) in [5, 5.41) is 7.97. The van der Waals surface area contributed by atoms with E-state index in [1.807, 2.05) is 26.0 Å². The third kappa shape index (κ3) is 4.90. The first kappa shape index (κ1) is 14.1. The standard InChI is InChI=1S/C12H19N3O3/c1-8-4-5-11(18-8)9(2)15-12(17)14-7-6-13-10(3)16/h4-5,9H,6-7H2,1-3H3,(H,13,16)(H2,14,15,17). The zero-order chi connectivity index (χ0) is 13.5. The van der Waals surface area contributed by atoms with Crippen molar-refractivity contribution in [2.75, 3.05) is 13.1 Å². The number of rotatable bonds is 5. The minimum absolute atomic E-state index is 0.114. The van der Waals surface area contributed by atoms with E-state index in [4.69, 9.17) is 4.42 Å². The molecule has 0 aromatic carbocycles. The first-order valence-electron chi connectivity index (χ1n) is 5.84. The van der Waals surface area contributed by atoms with Gasteiger partial charge in [0, 0.05) is 20.0 Å². The maximum Gasteiger partial charge on any atom is 0.315 e. The van der Waals surface area contributed by atoms with E-state index in [0.717, 1.165) is 5.76 Å². The Morgan fingerprint density at radius 3 is 2.50 bits per heavy atom. The Balaban J connectivity index is 2.25. The lowest BCUT2D eigenvalue weighted by atomic mass is 10.2. The lowest BCUT2D eigenvalue weighted by Gasteiger charge is -2.12. The van der Waals surface area contributed by atoms with Gasteiger partial charge in [0.1, 0.15) is 11.5 Å². The number of urea groups is 1. The lowest BCUT2D eigenvalue weighted by Crippen LogP contribution is -2.40. The van der Waals surface area contributed by atoms with Gasteiger partial charge in [-0.15, -0.1) is 0 Å². The van der Waals surface area contributed by atoms with Gasteiger partial charge < -0.3 is 20.4 Å². The Labute approximate surface area is 106 Å². The molecule has 0 radical (unpaired) electrons. The van der Waals surface area contributed by atoms with E-state index in [2.05, 4.69) is 16.0 Å². The van der Waals surface area contributed by atoms with Crippen molar-refractivity contribution in [1.82, 2.24) is 16.0 Å². The van der Waals surface area contributed by atoms with E-state index in [1.165, 1.54) is 6.92 Å². The molecule has 3 amide bonds. The predicted molar refractivity (Wildman–Crippen MR) is 67.1 cm³/mol. The van der Waals surface area contributed by atoms with Crippen LogP contribution in [0.4, 0.5) is 4.79 Å². The minimum Gasteiger partial charge on any atom is -0.464 e. The largest absolute Gasteiger partial charge is 0.464 e. The maximum atomic E-state index is 11.5. The summed E-state index contributed by atoms with van der Waals surface area (Å²) in [6, 6.07) is 3.20. The molecule has 1 atom stereocenters. The molecule has 0 aliphatic carbocycles. The van der Waals surface area contributed by atoms with Crippen LogP contribution in [0.1, 0.15) is 31.4 Å². The smallest absolute Gasteiger partial charge is 0.315 e. The van der Waals surface area contributed by atoms with Crippen molar-refractivity contribution < 1.29 is 14.0 Å². The van der Waals surface area contributed by atoms with Gasteiger partial charge in [-0.3, -0.25) is 4.79 Å². The van der Waals surface area contributed by atoms with Crippen molar-refractivity contribution in [3.8, 4) is 0 Å². The van der Waals surface area contributed by atoms with Crippen LogP contribution in [-0.2, 0) is 4.79 Å². The van der Waals surface area contributed by atoms with Gasteiger partial charge in [-0.05, 0) is 26.0 Å². The molecule has 100 valence electrons. The quantitative estimate of drug-likeness (QED) is 0.687. The van der Waals surface area contributed by atoms with E-state index in [0.29, 0.717) is 18.8 Å². The summed E-state index contributed by atoms with van der Waals surface area (Å²) in [6.45, 7) is 5.92. The van der Waals surface area contributed by atoms with Gasteiger partial charge >= 0.3 is 6.03 Å². The fraction of sp³-hybridized carbons (Fsp3) is 0.500. The van der Waals surface area contributed by atoms with Gasteiger partial charge in [-0.25, -0.2) is 4.79 Å². The highest BCUT2D eigenvalue weighted by Crippen LogP contribution is 2.14. The summed E-state index contributed by atoms with van der Waals surface area (Å²) in [5.74, 6) is 1.41. The molecular formula is C12H19N3O3. The number of amides is 3. The Morgan fingerprint density at radius 2 is 1.94 bits per heavy atom. The molecule has 0 aliphatic heterocycles. The number of carbonyl (C=O) groups excluding carboxylic acids is 2. The summed E-state index contributed by atoms with van der Waals surface area (Å²) < 4.78 is 5.40. The highest BCUT2D eigenvalue weighted by atomic mass is 16.3. The van der Waals surface area contributed by atoms with Crippen LogP contribution >= 0.6 is 0 Å². The van der Waals surface area contributed by atoms with Crippen molar-refractivity contribution in [2.45, 2.75) is 26.8 Å². The zero-order valence-electron chi connectivity index (χ0n) is 10.9. The van der Waals surface area contributed by atoms with Gasteiger partial charge in [0.15, 0.2) is 0 Å². The SMILES string of the molecule is CC(=O)NCCNC(=O)NC(C)c1ccc(C)o1. The van der Waals surface area contributed by atoms with Crippen molar-refractivity contribution in [3.05, 3.63) is 23.7 Å². The van der Waals surface area contributed by atoms with Crippen LogP contribution in [0.3, 0.4) is 0 Å². The van der Waals surface area contributed by atoms with Gasteiger partial charge in [0.05, 0.1) is 6.04 Å². The number of carbonyl (C=O) groups is 2. The summed E-state index contributed by atoms with van der Waals surface area (Å²) in [5.41, 5.74) is 0. The van der Waals surface area contributed by atoms with E-state index in [9.17, 15) is 9.59 Å². The van der Waals surface area contributed by atoms with E-state index >= 15 is 0 Å². The molecule has 0 saturated heterocycles. The molecule has 0 aliphatic rings. The second kappa shape index (κ2) is 6.68. The fourth-order valence-electron chi connectivity index (χ4n) is 1.42. The normalized spacial score (nSPS) is 11.7. The van der Waals surface area contributed by atoms with Crippen molar-refractivity contribution >= 4 is 11.9 Å². The predicted octanol–water partition coefficient (Wildman–Crippen LogP) is 1.08. The lowest BCUT2D eigenvalue weighted by molar-refractivity contribution is -0.118. The van der Waals surface area contributed by atoms with Crippen LogP contribution in [0.15, 0.2) is 16.5 Å². The zero-order valence-corrected chi connectivity index (χ0v) is 10.9. The highest BCUT2D eigenvalue weighted by Gasteiger charge is 2.11. The van der Waals surface area contributed by atoms with Gasteiger partial charge in [0.2, 0.25) is 5.91 Å². The molecule has 1 rings (SSSR count). The molecule has 0 fully saturated rings. The minimum atomic E-state index is -0.290. The second-order valence-electron chi connectivity index (χ2n) is 4.05. The first-order valence-corrected chi connectivity index (χ1v) is 5.84. The third-order valence-electron chi connectivity index (χ3n) is 2.32. The number of aryl methyl sites for hydroxylation is 1. The molecule has 3 N–H and O–H groups in total. The fourth-order valence-corrected chi connectivity index (χ4v) is 1.42. The topological polar surface area (TPSA) is 83.4 Å². The van der Waals surface area contributed by atoms with Crippen LogP contribution in [-0.4, -0.2) is 25.0 Å². The molecule has 1 unspecified atom stereocenters. The Morgan fingerprint density at radius 1 is 1.28 bits per heavy atom. The van der Waals surface area contributed by atoms with Gasteiger partial charge in [-0.2, -0.15) is 0 Å². The molecule has 1 aromatic heterocycles. The number of hydrogen-bond donors (Lipinski definition) is 3. The molecule has 0 bridgehead atoms. The molecule has 6 nitrogen and oxygen atoms in total. The van der Waals surface area contributed by atoms with E-state index < -0.39 is 0 Å². The van der Waals surface area contributed by atoms with Crippen molar-refractivity contribution in [3.63, 3.8) is 0 Å². The molecule has 0 spiro atoms. The van der Waals surface area contributed by atoms with Crippen LogP contribution in [0, 0.1) is 6.92 Å². The second-order valence-corrected chi connectivity index (χ2v) is 4.05. The van der Waals surface area contributed by atoms with Crippen LogP contribution in [0.25, 0.3) is 0 Å². The Kier molecular flexibility index (Phi) is 5.23. The third-order valence-corrected chi connectivity index (χ3v) is 2.32. The number of hydrogen-bond acceptors (Lipinski definition) is 3. The van der Waals surface area contributed by atoms with Crippen molar-refractivity contribution in [1.29, 1.82) is 0 Å². The van der Waals surface area contributed by atoms with Gasteiger partial charge in [0.25, 0.3) is 0 Å². The summed E-state index contributed by atoms with van der Waals surface area (Å²) >= 11 is 0. The summed E-state index contributed by atoms with van der Waals surface area (Å²) in [4.78, 5) is 22.1. The molecule has 18 heavy (non-hydrogen) atoms. The summed E-state index contributed by atoms with van der Waals surface area (Å²) in [6.07, 6.45) is 0. The van der Waals surface area contributed by atoms with E-state index in [-0.39, 0.29) is 18.0 Å². The van der Waals surface area contributed by atoms with Crippen LogP contribution in [0.2, 0.25) is 0 Å². The Bertz CT molecular complexity index is 414. The van der Waals surface area contributed by atoms with Gasteiger partial charge in [-0.1, -0.05) is 0 Å². The molecule has 6 heteroatoms. The number of nitrogens with one attached hydrogen (secondary N) is 3. The molecular weight excluding hydrogens is 234 g/mol. The average molecular weight is 253 g/mol. The molecule has 0 saturated carbocycles. The monoisotopic (exact) mass is 253 g/mol. The first-order chi connectivity index (χ1) is 8.49. The highest BCUT2D eigenvalue weighted by molar-refractivity contribution is 5.75. The summed E-state index contributed by atoms with van der Waals surface area (Å²) in [7, 11) is 0. The average Bonchev–Trinajstić information content (AvgIpc) is 2.71. The van der Waals surface area contributed by atoms with E-state index in [1.54, 1.807) is 0 Å². The Hall–Kier alpha value is -1.98. The van der Waals surface area contributed by atoms with Crippen LogP contribution in [0.5, 0.6) is 0 Å².